The molecule has 0 bridgehead atoms. The van der Waals surface area contributed by atoms with Gasteiger partial charge in [-0.15, -0.1) is 0 Å². The molecular formula is C14H13NO4S. The quantitative estimate of drug-likeness (QED) is 0.904. The number of rotatable bonds is 4. The molecule has 0 heterocycles. The lowest BCUT2D eigenvalue weighted by atomic mass is 10.1. The summed E-state index contributed by atoms with van der Waals surface area (Å²) in [6.45, 7) is 0. The first kappa shape index (κ1) is 14.1. The summed E-state index contributed by atoms with van der Waals surface area (Å²) >= 11 is 0. The summed E-state index contributed by atoms with van der Waals surface area (Å²) in [5.41, 5.74) is 1.22. The Hall–Kier alpha value is -2.34. The number of benzene rings is 2. The summed E-state index contributed by atoms with van der Waals surface area (Å²) in [4.78, 5) is 11.3. The van der Waals surface area contributed by atoms with Crippen molar-refractivity contribution in [2.24, 2.45) is 0 Å². The van der Waals surface area contributed by atoms with E-state index >= 15 is 0 Å². The van der Waals surface area contributed by atoms with Crippen molar-refractivity contribution in [3.63, 3.8) is 0 Å². The molecule has 0 radical (unpaired) electrons. The van der Waals surface area contributed by atoms with Crippen LogP contribution in [-0.2, 0) is 9.84 Å². The second-order valence-corrected chi connectivity index (χ2v) is 6.29. The molecule has 0 amide bonds. The number of anilines is 2. The second-order valence-electron chi connectivity index (χ2n) is 4.27. The minimum absolute atomic E-state index is 0.152. The summed E-state index contributed by atoms with van der Waals surface area (Å²) in [5, 5.41) is 12.0. The van der Waals surface area contributed by atoms with Gasteiger partial charge in [-0.3, -0.25) is 0 Å². The molecule has 0 aliphatic heterocycles. The maximum Gasteiger partial charge on any atom is 0.337 e. The average Bonchev–Trinajstić information content (AvgIpc) is 2.38. The fourth-order valence-electron chi connectivity index (χ4n) is 1.72. The number of carboxylic acid groups (broad SMARTS) is 1. The van der Waals surface area contributed by atoms with Gasteiger partial charge in [-0.05, 0) is 36.4 Å². The lowest BCUT2D eigenvalue weighted by molar-refractivity contribution is 0.0698. The highest BCUT2D eigenvalue weighted by atomic mass is 32.2. The summed E-state index contributed by atoms with van der Waals surface area (Å²) < 4.78 is 22.7. The Kier molecular flexibility index (Phi) is 3.76. The van der Waals surface area contributed by atoms with Crippen LogP contribution >= 0.6 is 0 Å². The van der Waals surface area contributed by atoms with Crippen LogP contribution in [0.3, 0.4) is 0 Å². The van der Waals surface area contributed by atoms with E-state index in [1.807, 2.05) is 0 Å². The van der Waals surface area contributed by atoms with E-state index < -0.39 is 15.8 Å². The predicted molar refractivity (Wildman–Crippen MR) is 76.2 cm³/mol. The Labute approximate surface area is 116 Å². The van der Waals surface area contributed by atoms with E-state index in [1.54, 1.807) is 30.3 Å². The van der Waals surface area contributed by atoms with Crippen molar-refractivity contribution in [1.29, 1.82) is 0 Å². The normalized spacial score (nSPS) is 11.1. The highest BCUT2D eigenvalue weighted by molar-refractivity contribution is 7.90. The summed E-state index contributed by atoms with van der Waals surface area (Å²) in [5.74, 6) is -1.03. The van der Waals surface area contributed by atoms with Gasteiger partial charge in [0.05, 0.1) is 16.1 Å². The number of nitrogens with one attached hydrogen (secondary N) is 1. The van der Waals surface area contributed by atoms with Gasteiger partial charge in [0.1, 0.15) is 0 Å². The molecule has 2 aromatic rings. The van der Waals surface area contributed by atoms with E-state index in [-0.39, 0.29) is 10.5 Å². The minimum Gasteiger partial charge on any atom is -0.478 e. The van der Waals surface area contributed by atoms with E-state index in [4.69, 9.17) is 5.11 Å². The molecule has 2 aromatic carbocycles. The molecule has 0 atom stereocenters. The molecule has 20 heavy (non-hydrogen) atoms. The Balaban J connectivity index is 2.30. The van der Waals surface area contributed by atoms with Crippen molar-refractivity contribution >= 4 is 27.2 Å². The van der Waals surface area contributed by atoms with Gasteiger partial charge in [-0.2, -0.15) is 0 Å². The highest BCUT2D eigenvalue weighted by Crippen LogP contribution is 2.22. The molecule has 0 fully saturated rings. The first-order chi connectivity index (χ1) is 9.38. The predicted octanol–water partition coefficient (Wildman–Crippen LogP) is 2.53. The first-order valence-corrected chi connectivity index (χ1v) is 7.66. The summed E-state index contributed by atoms with van der Waals surface area (Å²) in [7, 11) is -3.24. The maximum absolute atomic E-state index is 11.3. The smallest absolute Gasteiger partial charge is 0.337 e. The summed E-state index contributed by atoms with van der Waals surface area (Å²) in [6, 6.07) is 12.6. The van der Waals surface area contributed by atoms with Crippen LogP contribution in [0.1, 0.15) is 10.4 Å². The van der Waals surface area contributed by atoms with E-state index in [9.17, 15) is 13.2 Å². The van der Waals surface area contributed by atoms with Crippen LogP contribution in [0.5, 0.6) is 0 Å². The van der Waals surface area contributed by atoms with E-state index in [1.165, 1.54) is 18.2 Å². The number of para-hydroxylation sites is 1. The Morgan fingerprint density at radius 2 is 1.65 bits per heavy atom. The zero-order valence-electron chi connectivity index (χ0n) is 10.7. The minimum atomic E-state index is -3.24. The Morgan fingerprint density at radius 1 is 1.05 bits per heavy atom. The van der Waals surface area contributed by atoms with Gasteiger partial charge in [0.15, 0.2) is 9.84 Å². The van der Waals surface area contributed by atoms with Gasteiger partial charge in [0.2, 0.25) is 0 Å². The van der Waals surface area contributed by atoms with Crippen LogP contribution in [0.15, 0.2) is 53.4 Å². The SMILES string of the molecule is CS(=O)(=O)c1ccc(Nc2ccccc2C(=O)O)cc1. The van der Waals surface area contributed by atoms with Crippen LogP contribution in [0, 0.1) is 0 Å². The molecule has 104 valence electrons. The lowest BCUT2D eigenvalue weighted by Crippen LogP contribution is -2.02. The van der Waals surface area contributed by atoms with Crippen LogP contribution in [0.2, 0.25) is 0 Å². The molecule has 0 saturated carbocycles. The molecule has 2 N–H and O–H groups in total. The first-order valence-electron chi connectivity index (χ1n) is 5.77. The van der Waals surface area contributed by atoms with E-state index in [0.717, 1.165) is 6.26 Å². The highest BCUT2D eigenvalue weighted by Gasteiger charge is 2.10. The van der Waals surface area contributed by atoms with Crippen LogP contribution in [0.4, 0.5) is 11.4 Å². The number of carboxylic acids is 1. The van der Waals surface area contributed by atoms with E-state index in [0.29, 0.717) is 11.4 Å². The van der Waals surface area contributed by atoms with Crippen LogP contribution in [0.25, 0.3) is 0 Å². The largest absolute Gasteiger partial charge is 0.478 e. The molecule has 0 unspecified atom stereocenters. The molecule has 2 rings (SSSR count). The molecule has 0 spiro atoms. The maximum atomic E-state index is 11.3. The van der Waals surface area contributed by atoms with Gasteiger partial charge in [-0.25, -0.2) is 13.2 Å². The van der Waals surface area contributed by atoms with Crippen molar-refractivity contribution in [2.75, 3.05) is 11.6 Å². The third-order valence-electron chi connectivity index (χ3n) is 2.72. The van der Waals surface area contributed by atoms with Gasteiger partial charge in [0, 0.05) is 11.9 Å². The van der Waals surface area contributed by atoms with Gasteiger partial charge >= 0.3 is 5.97 Å². The van der Waals surface area contributed by atoms with Crippen molar-refractivity contribution in [3.8, 4) is 0 Å². The average molecular weight is 291 g/mol. The number of sulfone groups is 1. The van der Waals surface area contributed by atoms with Crippen molar-refractivity contribution < 1.29 is 18.3 Å². The fourth-order valence-corrected chi connectivity index (χ4v) is 2.35. The number of hydrogen-bond donors (Lipinski definition) is 2. The zero-order valence-corrected chi connectivity index (χ0v) is 11.5. The standard InChI is InChI=1S/C14H13NO4S/c1-20(18,19)11-8-6-10(7-9-11)15-13-5-3-2-4-12(13)14(16)17/h2-9,15H,1H3,(H,16,17). The molecule has 5 nitrogen and oxygen atoms in total. The number of carbonyl (C=O) groups is 1. The van der Waals surface area contributed by atoms with Crippen LogP contribution < -0.4 is 5.32 Å². The second kappa shape index (κ2) is 5.34. The molecule has 0 aliphatic carbocycles. The molecule has 0 aromatic heterocycles. The molecule has 0 aliphatic rings. The van der Waals surface area contributed by atoms with Crippen molar-refractivity contribution in [2.45, 2.75) is 4.90 Å². The van der Waals surface area contributed by atoms with Crippen molar-refractivity contribution in [3.05, 3.63) is 54.1 Å². The molecule has 0 saturated heterocycles. The fraction of sp³-hybridized carbons (Fsp3) is 0.0714. The third kappa shape index (κ3) is 3.16. The molecular weight excluding hydrogens is 278 g/mol. The number of hydrogen-bond acceptors (Lipinski definition) is 4. The monoisotopic (exact) mass is 291 g/mol. The Bertz CT molecular complexity index is 736. The van der Waals surface area contributed by atoms with Crippen LogP contribution in [-0.4, -0.2) is 25.7 Å². The lowest BCUT2D eigenvalue weighted by Gasteiger charge is -2.09. The zero-order chi connectivity index (χ0) is 14.8. The Morgan fingerprint density at radius 3 is 2.20 bits per heavy atom. The van der Waals surface area contributed by atoms with Gasteiger partial charge < -0.3 is 10.4 Å². The van der Waals surface area contributed by atoms with Crippen molar-refractivity contribution in [1.82, 2.24) is 0 Å². The van der Waals surface area contributed by atoms with E-state index in [2.05, 4.69) is 5.32 Å². The molecule has 6 heteroatoms. The van der Waals surface area contributed by atoms with Gasteiger partial charge in [-0.1, -0.05) is 12.1 Å². The van der Waals surface area contributed by atoms with Gasteiger partial charge in [0.25, 0.3) is 0 Å². The topological polar surface area (TPSA) is 83.5 Å². The number of aromatic carboxylic acids is 1. The third-order valence-corrected chi connectivity index (χ3v) is 3.85. The summed E-state index contributed by atoms with van der Waals surface area (Å²) in [6.07, 6.45) is 1.13.